The lowest BCUT2D eigenvalue weighted by Crippen LogP contribution is -2.60. The molecule has 9 rings (SSSR count). The van der Waals surface area contributed by atoms with Crippen LogP contribution in [0.25, 0.3) is 0 Å². The maximum atomic E-state index is 13.5. The van der Waals surface area contributed by atoms with Crippen LogP contribution in [0.3, 0.4) is 0 Å². The molecule has 4 heterocycles. The SMILES string of the molecule is CC(C)[C@@H](OC(=O)N1CCC1)C1C[C@@H](C)[C@H]2C(O1)[C@H](O)[C@@]1(C)C3CC[C@H]4C(C)(C)C(OC(=O)N5CCn6cnnc6C5)CC[C@@]45C[C@@]35CC[C@]21C. The van der Waals surface area contributed by atoms with Gasteiger partial charge in [0.2, 0.25) is 0 Å². The van der Waals surface area contributed by atoms with Gasteiger partial charge in [-0.25, -0.2) is 9.59 Å². The van der Waals surface area contributed by atoms with Crippen molar-refractivity contribution in [2.75, 3.05) is 19.6 Å². The van der Waals surface area contributed by atoms with E-state index in [0.29, 0.717) is 37.4 Å². The molecule has 0 radical (unpaired) electrons. The van der Waals surface area contributed by atoms with E-state index in [4.69, 9.17) is 14.2 Å². The molecule has 282 valence electrons. The van der Waals surface area contributed by atoms with E-state index in [1.807, 2.05) is 4.57 Å². The Morgan fingerprint density at radius 2 is 1.71 bits per heavy atom. The number of hydrogen-bond acceptors (Lipinski definition) is 8. The summed E-state index contributed by atoms with van der Waals surface area (Å²) in [5.41, 5.74) is 0.0349. The minimum absolute atomic E-state index is 0.0312. The molecule has 1 aromatic rings. The summed E-state index contributed by atoms with van der Waals surface area (Å²) < 4.78 is 21.6. The Balaban J connectivity index is 0.937. The van der Waals surface area contributed by atoms with Crippen molar-refractivity contribution in [1.82, 2.24) is 24.6 Å². The van der Waals surface area contributed by atoms with Crippen molar-refractivity contribution in [3.8, 4) is 0 Å². The number of ether oxygens (including phenoxy) is 3. The first-order valence-corrected chi connectivity index (χ1v) is 20.3. The summed E-state index contributed by atoms with van der Waals surface area (Å²) in [5, 5.41) is 20.9. The highest BCUT2D eigenvalue weighted by atomic mass is 16.6. The third-order valence-electron chi connectivity index (χ3n) is 17.3. The molecule has 1 N–H and O–H groups in total. The van der Waals surface area contributed by atoms with Gasteiger partial charge in [0.1, 0.15) is 18.5 Å². The van der Waals surface area contributed by atoms with Crippen molar-refractivity contribution in [2.24, 2.45) is 56.7 Å². The predicted octanol–water partition coefficient (Wildman–Crippen LogP) is 6.28. The van der Waals surface area contributed by atoms with E-state index in [-0.39, 0.29) is 75.5 Å². The normalized spacial score (nSPS) is 46.7. The van der Waals surface area contributed by atoms with Crippen LogP contribution in [-0.4, -0.2) is 92.0 Å². The van der Waals surface area contributed by atoms with Crippen LogP contribution in [-0.2, 0) is 27.3 Å². The van der Waals surface area contributed by atoms with E-state index in [9.17, 15) is 14.7 Å². The van der Waals surface area contributed by atoms with E-state index in [2.05, 4.69) is 58.7 Å². The molecule has 51 heavy (non-hydrogen) atoms. The fourth-order valence-corrected chi connectivity index (χ4v) is 14.5. The van der Waals surface area contributed by atoms with Gasteiger partial charge in [0.05, 0.1) is 24.9 Å². The zero-order valence-electron chi connectivity index (χ0n) is 32.0. The van der Waals surface area contributed by atoms with Gasteiger partial charge in [-0.05, 0) is 104 Å². The molecule has 7 fully saturated rings. The van der Waals surface area contributed by atoms with Crippen molar-refractivity contribution in [3.63, 3.8) is 0 Å². The van der Waals surface area contributed by atoms with Crippen LogP contribution >= 0.6 is 0 Å². The quantitative estimate of drug-likeness (QED) is 0.389. The average molecular weight is 708 g/mol. The van der Waals surface area contributed by atoms with Gasteiger partial charge in [0.15, 0.2) is 5.82 Å². The number of rotatable bonds is 4. The highest BCUT2D eigenvalue weighted by Crippen LogP contribution is 2.89. The molecule has 0 aromatic carbocycles. The summed E-state index contributed by atoms with van der Waals surface area (Å²) in [5.74, 6) is 2.48. The average Bonchev–Trinajstić information content (AvgIpc) is 3.40. The lowest BCUT2D eigenvalue weighted by atomic mass is 9.41. The molecule has 0 bridgehead atoms. The predicted molar refractivity (Wildman–Crippen MR) is 188 cm³/mol. The maximum absolute atomic E-state index is 13.5. The van der Waals surface area contributed by atoms with Crippen molar-refractivity contribution >= 4 is 12.2 Å². The number of nitrogens with zero attached hydrogens (tertiary/aromatic N) is 5. The van der Waals surface area contributed by atoms with E-state index in [0.717, 1.165) is 63.9 Å². The van der Waals surface area contributed by atoms with E-state index in [1.165, 1.54) is 12.8 Å². The van der Waals surface area contributed by atoms with Crippen molar-refractivity contribution in [3.05, 3.63) is 12.2 Å². The first-order valence-electron chi connectivity index (χ1n) is 20.3. The van der Waals surface area contributed by atoms with Gasteiger partial charge in [-0.1, -0.05) is 48.5 Å². The molecule has 1 aromatic heterocycles. The zero-order valence-corrected chi connectivity index (χ0v) is 32.0. The van der Waals surface area contributed by atoms with Gasteiger partial charge >= 0.3 is 12.2 Å². The summed E-state index contributed by atoms with van der Waals surface area (Å²) in [4.78, 5) is 30.1. The topological polar surface area (TPSA) is 119 Å². The number of carbonyl (C=O) groups excluding carboxylic acids is 2. The molecule has 3 aliphatic heterocycles. The molecule has 13 atom stereocenters. The molecule has 4 unspecified atom stereocenters. The first kappa shape index (κ1) is 34.4. The number of likely N-dealkylation sites (tertiary alicyclic amines) is 1. The van der Waals surface area contributed by atoms with Gasteiger partial charge in [0.25, 0.3) is 0 Å². The van der Waals surface area contributed by atoms with Crippen LogP contribution in [0.5, 0.6) is 0 Å². The Labute approximate surface area is 303 Å². The minimum Gasteiger partial charge on any atom is -0.446 e. The summed E-state index contributed by atoms with van der Waals surface area (Å²) in [6.07, 6.45) is 9.44. The molecule has 2 saturated heterocycles. The van der Waals surface area contributed by atoms with Crippen LogP contribution in [0.4, 0.5) is 9.59 Å². The van der Waals surface area contributed by atoms with Crippen molar-refractivity contribution in [1.29, 1.82) is 0 Å². The molecule has 8 aliphatic rings. The molecule has 11 nitrogen and oxygen atoms in total. The largest absolute Gasteiger partial charge is 0.446 e. The number of aliphatic hydroxyl groups excluding tert-OH is 1. The molecule has 5 saturated carbocycles. The molecular formula is C40H61N5O6. The van der Waals surface area contributed by atoms with Gasteiger partial charge in [-0.2, -0.15) is 0 Å². The lowest BCUT2D eigenvalue weighted by molar-refractivity contribution is -0.185. The Kier molecular flexibility index (Phi) is 7.62. The van der Waals surface area contributed by atoms with Crippen LogP contribution in [0.1, 0.15) is 112 Å². The lowest BCUT2D eigenvalue weighted by Gasteiger charge is -2.63. The molecular weight excluding hydrogens is 646 g/mol. The number of hydrogen-bond donors (Lipinski definition) is 1. The highest BCUT2D eigenvalue weighted by molar-refractivity contribution is 5.69. The number of aromatic nitrogens is 3. The Bertz CT molecular complexity index is 1580. The van der Waals surface area contributed by atoms with Gasteiger partial charge in [-0.15, -0.1) is 10.2 Å². The number of amides is 2. The summed E-state index contributed by atoms with van der Waals surface area (Å²) in [6.45, 7) is 19.5. The monoisotopic (exact) mass is 707 g/mol. The fourth-order valence-electron chi connectivity index (χ4n) is 14.5. The molecule has 2 spiro atoms. The Morgan fingerprint density at radius 1 is 0.961 bits per heavy atom. The van der Waals surface area contributed by atoms with E-state index < -0.39 is 6.10 Å². The zero-order chi connectivity index (χ0) is 35.9. The van der Waals surface area contributed by atoms with Crippen LogP contribution in [0.15, 0.2) is 6.33 Å². The number of carbonyl (C=O) groups is 2. The second-order valence-corrected chi connectivity index (χ2v) is 19.7. The van der Waals surface area contributed by atoms with Gasteiger partial charge in [0, 0.05) is 37.0 Å². The highest BCUT2D eigenvalue weighted by Gasteiger charge is 2.84. The van der Waals surface area contributed by atoms with Gasteiger partial charge in [-0.3, -0.25) is 4.90 Å². The molecule has 2 amide bonds. The number of aliphatic hydroxyl groups is 1. The summed E-state index contributed by atoms with van der Waals surface area (Å²) in [7, 11) is 0. The number of fused-ring (bicyclic) bond motifs is 5. The van der Waals surface area contributed by atoms with Gasteiger partial charge < -0.3 is 28.8 Å². The van der Waals surface area contributed by atoms with E-state index >= 15 is 0 Å². The van der Waals surface area contributed by atoms with Crippen LogP contribution in [0, 0.1) is 56.7 Å². The Morgan fingerprint density at radius 3 is 2.43 bits per heavy atom. The second-order valence-electron chi connectivity index (χ2n) is 19.7. The first-order chi connectivity index (χ1) is 24.2. The van der Waals surface area contributed by atoms with Crippen molar-refractivity contribution in [2.45, 2.75) is 150 Å². The second kappa shape index (κ2) is 11.3. The molecule has 5 aliphatic carbocycles. The summed E-state index contributed by atoms with van der Waals surface area (Å²) in [6, 6.07) is 0. The minimum atomic E-state index is -0.561. The molecule has 11 heteroatoms. The van der Waals surface area contributed by atoms with E-state index in [1.54, 1.807) is 16.1 Å². The third-order valence-corrected chi connectivity index (χ3v) is 17.3. The smallest absolute Gasteiger partial charge is 0.410 e. The van der Waals surface area contributed by atoms with Crippen molar-refractivity contribution < 1.29 is 28.9 Å². The third kappa shape index (κ3) is 4.48. The fraction of sp³-hybridized carbons (Fsp3) is 0.900. The summed E-state index contributed by atoms with van der Waals surface area (Å²) >= 11 is 0. The maximum Gasteiger partial charge on any atom is 0.410 e. The van der Waals surface area contributed by atoms with Crippen LogP contribution in [0.2, 0.25) is 0 Å². The Hall–Kier alpha value is -2.40. The van der Waals surface area contributed by atoms with Crippen LogP contribution < -0.4 is 0 Å². The standard InChI is InChI=1S/C40H61N5O6/c1-23(2)31(51-34(47)43-15-8-16-43)25-19-24(3)30-32(49-25)33(46)38(7)27-10-9-26-36(4,5)28(11-12-39(26)21-40(27,39)14-13-37(30,38)6)50-35(48)44-17-18-45-22-41-42-29(45)20-44/h22-28,30-33,46H,8-21H2,1-7H3/t24-,25?,26+,27?,28?,30+,31-,32?,33+,37-,38-,39-,40+/m1/s1.